The van der Waals surface area contributed by atoms with Gasteiger partial charge in [-0.15, -0.1) is 0 Å². The molecule has 0 saturated heterocycles. The van der Waals surface area contributed by atoms with Crippen LogP contribution >= 0.6 is 50.7 Å². The van der Waals surface area contributed by atoms with E-state index in [0.29, 0.717) is 38.2 Å². The normalized spacial score (nSPS) is 12.4. The molecule has 0 saturated carbocycles. The summed E-state index contributed by atoms with van der Waals surface area (Å²) in [5, 5.41) is 8.21. The molecule has 11 heteroatoms. The fourth-order valence-corrected chi connectivity index (χ4v) is 5.05. The first-order valence-corrected chi connectivity index (χ1v) is 15.1. The minimum atomic E-state index is -0.941. The maximum absolute atomic E-state index is 13.2. The summed E-state index contributed by atoms with van der Waals surface area (Å²) >= 11 is 21.8. The van der Waals surface area contributed by atoms with Gasteiger partial charge in [-0.3, -0.25) is 9.59 Å². The van der Waals surface area contributed by atoms with Crippen LogP contribution in [0.15, 0.2) is 101 Å². The number of halogens is 4. The molecule has 2 amide bonds. The number of benzene rings is 4. The molecule has 0 aliphatic heterocycles. The molecule has 0 aliphatic rings. The maximum atomic E-state index is 13.2. The molecule has 0 spiro atoms. The van der Waals surface area contributed by atoms with Crippen LogP contribution in [-0.4, -0.2) is 30.2 Å². The predicted octanol–water partition coefficient (Wildman–Crippen LogP) is 7.63. The molecule has 0 aromatic heterocycles. The highest BCUT2D eigenvalue weighted by molar-refractivity contribution is 9.10. The van der Waals surface area contributed by atoms with Crippen LogP contribution in [0.1, 0.15) is 23.6 Å². The summed E-state index contributed by atoms with van der Waals surface area (Å²) in [5.74, 6) is -0.0666. The molecule has 2 N–H and O–H groups in total. The van der Waals surface area contributed by atoms with Crippen molar-refractivity contribution in [2.24, 2.45) is 5.10 Å². The zero-order valence-electron chi connectivity index (χ0n) is 22.9. The molecule has 0 aliphatic carbocycles. The van der Waals surface area contributed by atoms with Crippen LogP contribution in [0.5, 0.6) is 11.5 Å². The number of nitrogens with one attached hydrogen (secondary N) is 2. The molecule has 0 fully saturated rings. The Kier molecular flexibility index (Phi) is 11.9. The summed E-state index contributed by atoms with van der Waals surface area (Å²) in [4.78, 5) is 26.2. The molecule has 43 heavy (non-hydrogen) atoms. The van der Waals surface area contributed by atoms with Gasteiger partial charge < -0.3 is 14.8 Å². The Morgan fingerprint density at radius 2 is 1.60 bits per heavy atom. The average molecular weight is 704 g/mol. The first-order valence-electron chi connectivity index (χ1n) is 13.1. The third-order valence-corrected chi connectivity index (χ3v) is 7.69. The van der Waals surface area contributed by atoms with Crippen molar-refractivity contribution in [3.8, 4) is 11.5 Å². The minimum Gasteiger partial charge on any atom is -0.488 e. The Balaban J connectivity index is 1.38. The first-order chi connectivity index (χ1) is 20.7. The Labute approximate surface area is 273 Å². The Morgan fingerprint density at radius 3 is 2.33 bits per heavy atom. The monoisotopic (exact) mass is 701 g/mol. The van der Waals surface area contributed by atoms with Gasteiger partial charge in [0.2, 0.25) is 0 Å². The van der Waals surface area contributed by atoms with Gasteiger partial charge >= 0.3 is 0 Å². The van der Waals surface area contributed by atoms with Gasteiger partial charge in [0, 0.05) is 22.0 Å². The highest BCUT2D eigenvalue weighted by Gasteiger charge is 2.25. The number of rotatable bonds is 12. The second kappa shape index (κ2) is 15.8. The fraction of sp³-hybridized carbons (Fsp3) is 0.156. The summed E-state index contributed by atoms with van der Waals surface area (Å²) in [6.45, 7) is 1.88. The van der Waals surface area contributed by atoms with Crippen molar-refractivity contribution in [1.29, 1.82) is 0 Å². The van der Waals surface area contributed by atoms with Crippen LogP contribution in [0.25, 0.3) is 0 Å². The maximum Gasteiger partial charge on any atom is 0.262 e. The molecule has 4 aromatic carbocycles. The smallest absolute Gasteiger partial charge is 0.262 e. The van der Waals surface area contributed by atoms with Crippen molar-refractivity contribution in [2.75, 3.05) is 0 Å². The zero-order valence-corrected chi connectivity index (χ0v) is 26.8. The zero-order chi connectivity index (χ0) is 30.8. The van der Waals surface area contributed by atoms with Gasteiger partial charge in [-0.25, -0.2) is 5.43 Å². The molecular weight excluding hydrogens is 677 g/mol. The summed E-state index contributed by atoms with van der Waals surface area (Å²) in [6, 6.07) is 26.0. The Hall–Kier alpha value is -3.56. The van der Waals surface area contributed by atoms with Crippen molar-refractivity contribution < 1.29 is 19.1 Å². The van der Waals surface area contributed by atoms with Gasteiger partial charge in [0.05, 0.1) is 15.7 Å². The van der Waals surface area contributed by atoms with Crippen LogP contribution in [0.4, 0.5) is 0 Å². The lowest BCUT2D eigenvalue weighted by Crippen LogP contribution is -2.50. The average Bonchev–Trinajstić information content (AvgIpc) is 2.99. The van der Waals surface area contributed by atoms with E-state index in [1.54, 1.807) is 31.2 Å². The molecule has 0 bridgehead atoms. The van der Waals surface area contributed by atoms with Crippen molar-refractivity contribution >= 4 is 68.8 Å². The van der Waals surface area contributed by atoms with Gasteiger partial charge in [0.15, 0.2) is 6.10 Å². The van der Waals surface area contributed by atoms with Crippen LogP contribution in [0.3, 0.4) is 0 Å². The molecule has 222 valence electrons. The number of nitrogens with zero attached hydrogens (tertiary/aromatic N) is 1. The fourth-order valence-electron chi connectivity index (χ4n) is 3.90. The van der Waals surface area contributed by atoms with Gasteiger partial charge in [-0.05, 0) is 76.4 Å². The van der Waals surface area contributed by atoms with Gasteiger partial charge in [0.1, 0.15) is 24.1 Å². The van der Waals surface area contributed by atoms with Crippen molar-refractivity contribution in [1.82, 2.24) is 10.7 Å². The second-order valence-corrected chi connectivity index (χ2v) is 11.5. The highest BCUT2D eigenvalue weighted by atomic mass is 79.9. The number of hydrazone groups is 1. The van der Waals surface area contributed by atoms with E-state index in [-0.39, 0.29) is 11.4 Å². The molecule has 0 heterocycles. The molecule has 0 unspecified atom stereocenters. The lowest BCUT2D eigenvalue weighted by molar-refractivity contribution is -0.132. The molecule has 4 rings (SSSR count). The highest BCUT2D eigenvalue weighted by Crippen LogP contribution is 2.29. The molecule has 7 nitrogen and oxygen atoms in total. The lowest BCUT2D eigenvalue weighted by Gasteiger charge is -2.21. The Bertz CT molecular complexity index is 1600. The van der Waals surface area contributed by atoms with E-state index >= 15 is 0 Å². The number of carbonyl (C=O) groups is 2. The summed E-state index contributed by atoms with van der Waals surface area (Å²) in [7, 11) is 0. The second-order valence-electron chi connectivity index (χ2n) is 9.39. The van der Waals surface area contributed by atoms with E-state index in [0.717, 1.165) is 11.1 Å². The molecular formula is C32H27BrCl3N3O4. The van der Waals surface area contributed by atoms with E-state index in [4.69, 9.17) is 44.3 Å². The van der Waals surface area contributed by atoms with Gasteiger partial charge in [-0.1, -0.05) is 83.3 Å². The first kappa shape index (κ1) is 32.4. The summed E-state index contributed by atoms with van der Waals surface area (Å²) in [5.41, 5.74) is 4.97. The predicted molar refractivity (Wildman–Crippen MR) is 174 cm³/mol. The van der Waals surface area contributed by atoms with E-state index in [9.17, 15) is 9.59 Å². The van der Waals surface area contributed by atoms with E-state index in [2.05, 4.69) is 31.8 Å². The molecule has 2 atom stereocenters. The third-order valence-electron chi connectivity index (χ3n) is 6.17. The van der Waals surface area contributed by atoms with E-state index in [1.807, 2.05) is 60.7 Å². The van der Waals surface area contributed by atoms with Gasteiger partial charge in [0.25, 0.3) is 11.8 Å². The van der Waals surface area contributed by atoms with E-state index in [1.165, 1.54) is 12.3 Å². The molecule has 4 aromatic rings. The number of hydrogen-bond donors (Lipinski definition) is 2. The third kappa shape index (κ3) is 9.73. The number of hydrogen-bond acceptors (Lipinski definition) is 5. The molecule has 0 radical (unpaired) electrons. The topological polar surface area (TPSA) is 89.0 Å². The lowest BCUT2D eigenvalue weighted by atomic mass is 10.1. The van der Waals surface area contributed by atoms with Crippen molar-refractivity contribution in [3.63, 3.8) is 0 Å². The number of amides is 2. The van der Waals surface area contributed by atoms with Crippen molar-refractivity contribution in [2.45, 2.75) is 32.1 Å². The van der Waals surface area contributed by atoms with E-state index < -0.39 is 24.0 Å². The number of carbonyl (C=O) groups excluding carboxylic acids is 2. The van der Waals surface area contributed by atoms with Crippen LogP contribution in [0.2, 0.25) is 15.1 Å². The SMILES string of the molecule is C[C@H](Oc1ccc(Cl)cc1Cl)C(=O)N[C@H](Cc1ccccc1)C(=O)N/N=C\c1ccc(OCc2ccccc2Cl)c(Br)c1. The van der Waals surface area contributed by atoms with Crippen LogP contribution in [-0.2, 0) is 22.6 Å². The Morgan fingerprint density at radius 1 is 0.884 bits per heavy atom. The van der Waals surface area contributed by atoms with Crippen LogP contribution in [0, 0.1) is 0 Å². The summed E-state index contributed by atoms with van der Waals surface area (Å²) < 4.78 is 12.3. The largest absolute Gasteiger partial charge is 0.488 e. The number of ether oxygens (including phenoxy) is 2. The van der Waals surface area contributed by atoms with Gasteiger partial charge in [-0.2, -0.15) is 5.10 Å². The van der Waals surface area contributed by atoms with Crippen molar-refractivity contribution in [3.05, 3.63) is 127 Å². The summed E-state index contributed by atoms with van der Waals surface area (Å²) in [6.07, 6.45) is 0.797. The quantitative estimate of drug-likeness (QED) is 0.117. The standard InChI is InChI=1S/C32H27BrCl3N3O4/c1-20(43-30-14-12-24(34)17-27(30)36)31(40)38-28(16-21-7-3-2-4-8-21)32(41)39-37-18-22-11-13-29(25(33)15-22)42-19-23-9-5-6-10-26(23)35/h2-15,17-18,20,28H,16,19H2,1H3,(H,38,40)(H,39,41)/b37-18-/t20-,28+/m0/s1. The minimum absolute atomic E-state index is 0.241. The van der Waals surface area contributed by atoms with Crippen LogP contribution < -0.4 is 20.2 Å².